The molecule has 0 saturated heterocycles. The quantitative estimate of drug-likeness (QED) is 0.376. The SMILES string of the molecule is COc1cc(C=NN=C(N)N)ccc1I. The number of hydrogen-bond acceptors (Lipinski definition) is 3. The molecule has 0 aliphatic heterocycles. The summed E-state index contributed by atoms with van der Waals surface area (Å²) in [7, 11) is 1.62. The van der Waals surface area contributed by atoms with Crippen molar-refractivity contribution >= 4 is 34.8 Å². The highest BCUT2D eigenvalue weighted by Gasteiger charge is 1.99. The van der Waals surface area contributed by atoms with E-state index < -0.39 is 0 Å². The molecule has 0 unspecified atom stereocenters. The first-order valence-corrected chi connectivity index (χ1v) is 5.17. The number of benzene rings is 1. The zero-order valence-electron chi connectivity index (χ0n) is 8.14. The second-order valence-electron chi connectivity index (χ2n) is 2.66. The molecule has 1 rings (SSSR count). The lowest BCUT2D eigenvalue weighted by Crippen LogP contribution is -2.21. The molecule has 0 radical (unpaired) electrons. The summed E-state index contributed by atoms with van der Waals surface area (Å²) in [5.74, 6) is 0.730. The van der Waals surface area contributed by atoms with E-state index in [9.17, 15) is 0 Å². The minimum Gasteiger partial charge on any atom is -0.496 e. The van der Waals surface area contributed by atoms with Crippen molar-refractivity contribution in [3.05, 3.63) is 27.3 Å². The zero-order chi connectivity index (χ0) is 11.3. The molecule has 6 heteroatoms. The van der Waals surface area contributed by atoms with Gasteiger partial charge < -0.3 is 16.2 Å². The molecule has 0 aliphatic carbocycles. The maximum absolute atomic E-state index is 5.16. The van der Waals surface area contributed by atoms with E-state index in [4.69, 9.17) is 16.2 Å². The summed E-state index contributed by atoms with van der Waals surface area (Å²) in [6.45, 7) is 0. The molecule has 0 spiro atoms. The van der Waals surface area contributed by atoms with Gasteiger partial charge in [-0.05, 0) is 40.3 Å². The van der Waals surface area contributed by atoms with Gasteiger partial charge in [0.15, 0.2) is 0 Å². The lowest BCUT2D eigenvalue weighted by Gasteiger charge is -2.02. The summed E-state index contributed by atoms with van der Waals surface area (Å²) < 4.78 is 6.19. The Labute approximate surface area is 101 Å². The van der Waals surface area contributed by atoms with Crippen LogP contribution in [-0.2, 0) is 0 Å². The topological polar surface area (TPSA) is 86.0 Å². The van der Waals surface area contributed by atoms with Gasteiger partial charge in [0.25, 0.3) is 0 Å². The van der Waals surface area contributed by atoms with E-state index in [1.54, 1.807) is 13.3 Å². The van der Waals surface area contributed by atoms with Crippen molar-refractivity contribution < 1.29 is 4.74 Å². The average Bonchev–Trinajstić information content (AvgIpc) is 2.20. The molecule has 0 amide bonds. The summed E-state index contributed by atoms with van der Waals surface area (Å²) in [4.78, 5) is 0. The van der Waals surface area contributed by atoms with E-state index in [2.05, 4.69) is 32.8 Å². The van der Waals surface area contributed by atoms with Gasteiger partial charge in [-0.1, -0.05) is 6.07 Å². The summed E-state index contributed by atoms with van der Waals surface area (Å²) in [5.41, 5.74) is 11.1. The van der Waals surface area contributed by atoms with E-state index in [1.165, 1.54) is 0 Å². The Morgan fingerprint density at radius 3 is 2.80 bits per heavy atom. The number of ether oxygens (including phenoxy) is 1. The van der Waals surface area contributed by atoms with Gasteiger partial charge in [0, 0.05) is 0 Å². The van der Waals surface area contributed by atoms with E-state index in [0.29, 0.717) is 0 Å². The normalized spacial score (nSPS) is 10.3. The van der Waals surface area contributed by atoms with E-state index in [0.717, 1.165) is 14.9 Å². The number of methoxy groups -OCH3 is 1. The molecule has 0 aliphatic rings. The highest BCUT2D eigenvalue weighted by molar-refractivity contribution is 14.1. The molecule has 0 fully saturated rings. The Morgan fingerprint density at radius 2 is 2.20 bits per heavy atom. The Morgan fingerprint density at radius 1 is 1.47 bits per heavy atom. The van der Waals surface area contributed by atoms with Crippen molar-refractivity contribution in [3.8, 4) is 5.75 Å². The van der Waals surface area contributed by atoms with E-state index in [1.807, 2.05) is 18.2 Å². The van der Waals surface area contributed by atoms with Gasteiger partial charge in [0.1, 0.15) is 5.75 Å². The maximum Gasteiger partial charge on any atom is 0.211 e. The summed E-state index contributed by atoms with van der Waals surface area (Å²) in [5, 5.41) is 7.20. The molecule has 1 aromatic rings. The fourth-order valence-electron chi connectivity index (χ4n) is 0.919. The van der Waals surface area contributed by atoms with Crippen LogP contribution in [0.25, 0.3) is 0 Å². The first-order valence-electron chi connectivity index (χ1n) is 4.09. The molecule has 80 valence electrons. The fraction of sp³-hybridized carbons (Fsp3) is 0.111. The minimum atomic E-state index is -0.0660. The second kappa shape index (κ2) is 5.54. The summed E-state index contributed by atoms with van der Waals surface area (Å²) in [6.07, 6.45) is 1.55. The highest BCUT2D eigenvalue weighted by atomic mass is 127. The lowest BCUT2D eigenvalue weighted by atomic mass is 10.2. The van der Waals surface area contributed by atoms with Crippen LogP contribution in [0.5, 0.6) is 5.75 Å². The Bertz CT molecular complexity index is 399. The van der Waals surface area contributed by atoms with Crippen LogP contribution in [0.1, 0.15) is 5.56 Å². The molecule has 0 heterocycles. The predicted octanol–water partition coefficient (Wildman–Crippen LogP) is 0.907. The monoisotopic (exact) mass is 318 g/mol. The molecule has 0 atom stereocenters. The van der Waals surface area contributed by atoms with Crippen molar-refractivity contribution in [3.63, 3.8) is 0 Å². The van der Waals surface area contributed by atoms with Gasteiger partial charge in [-0.2, -0.15) is 5.10 Å². The summed E-state index contributed by atoms with van der Waals surface area (Å²) >= 11 is 2.19. The van der Waals surface area contributed by atoms with Crippen molar-refractivity contribution in [2.45, 2.75) is 0 Å². The van der Waals surface area contributed by atoms with Crippen LogP contribution in [0.3, 0.4) is 0 Å². The van der Waals surface area contributed by atoms with Crippen LogP contribution >= 0.6 is 22.6 Å². The maximum atomic E-state index is 5.16. The number of hydrogen-bond donors (Lipinski definition) is 2. The number of nitrogens with zero attached hydrogens (tertiary/aromatic N) is 2. The molecule has 1 aromatic carbocycles. The molecular formula is C9H11IN4O. The average molecular weight is 318 g/mol. The van der Waals surface area contributed by atoms with Crippen LogP contribution in [0.15, 0.2) is 28.4 Å². The molecule has 5 nitrogen and oxygen atoms in total. The fourth-order valence-corrected chi connectivity index (χ4v) is 1.47. The predicted molar refractivity (Wildman–Crippen MR) is 69.1 cm³/mol. The first-order chi connectivity index (χ1) is 7.13. The zero-order valence-corrected chi connectivity index (χ0v) is 10.3. The van der Waals surface area contributed by atoms with E-state index in [-0.39, 0.29) is 5.96 Å². The van der Waals surface area contributed by atoms with Crippen LogP contribution in [-0.4, -0.2) is 19.3 Å². The third-order valence-corrected chi connectivity index (χ3v) is 2.45. The van der Waals surface area contributed by atoms with Gasteiger partial charge in [-0.15, -0.1) is 5.10 Å². The van der Waals surface area contributed by atoms with Crippen molar-refractivity contribution in [2.24, 2.45) is 21.7 Å². The van der Waals surface area contributed by atoms with Crippen LogP contribution in [0.4, 0.5) is 0 Å². The van der Waals surface area contributed by atoms with Crippen molar-refractivity contribution in [2.75, 3.05) is 7.11 Å². The van der Waals surface area contributed by atoms with Gasteiger partial charge in [0.2, 0.25) is 5.96 Å². The Kier molecular flexibility index (Phi) is 4.35. The summed E-state index contributed by atoms with van der Waals surface area (Å²) in [6, 6.07) is 5.68. The van der Waals surface area contributed by atoms with Crippen molar-refractivity contribution in [1.82, 2.24) is 0 Å². The molecule has 4 N–H and O–H groups in total. The highest BCUT2D eigenvalue weighted by Crippen LogP contribution is 2.20. The molecule has 0 saturated carbocycles. The third-order valence-electron chi connectivity index (χ3n) is 1.56. The van der Waals surface area contributed by atoms with Gasteiger partial charge in [-0.25, -0.2) is 0 Å². The largest absolute Gasteiger partial charge is 0.496 e. The first kappa shape index (κ1) is 11.8. The van der Waals surface area contributed by atoms with Gasteiger partial charge in [0.05, 0.1) is 16.9 Å². The van der Waals surface area contributed by atoms with Crippen LogP contribution in [0.2, 0.25) is 0 Å². The van der Waals surface area contributed by atoms with Crippen LogP contribution in [0, 0.1) is 3.57 Å². The number of halogens is 1. The second-order valence-corrected chi connectivity index (χ2v) is 3.83. The van der Waals surface area contributed by atoms with Crippen LogP contribution < -0.4 is 16.2 Å². The minimum absolute atomic E-state index is 0.0660. The molecule has 0 aromatic heterocycles. The number of guanidine groups is 1. The van der Waals surface area contributed by atoms with Gasteiger partial charge in [-0.3, -0.25) is 0 Å². The Hall–Kier alpha value is -1.31. The van der Waals surface area contributed by atoms with Crippen molar-refractivity contribution in [1.29, 1.82) is 0 Å². The van der Waals surface area contributed by atoms with Gasteiger partial charge >= 0.3 is 0 Å². The molecule has 15 heavy (non-hydrogen) atoms. The molecule has 0 bridgehead atoms. The van der Waals surface area contributed by atoms with E-state index >= 15 is 0 Å². The third kappa shape index (κ3) is 3.74. The smallest absolute Gasteiger partial charge is 0.211 e. The standard InChI is InChI=1S/C9H11IN4O/c1-15-8-4-6(2-3-7(8)10)5-13-14-9(11)12/h2-5H,1H3,(H4,11,12,14). The number of rotatable bonds is 3. The lowest BCUT2D eigenvalue weighted by molar-refractivity contribution is 0.412. The number of nitrogens with two attached hydrogens (primary N) is 2. The Balaban J connectivity index is 2.87. The molecular weight excluding hydrogens is 307 g/mol.